The number of thiazole rings is 1. The molecule has 1 N–H and O–H groups in total. The quantitative estimate of drug-likeness (QED) is 0.822. The SMILES string of the molecule is O=C(CC(C1CC1)C1CC1)NCCc1nccs1. The topological polar surface area (TPSA) is 42.0 Å². The Hall–Kier alpha value is -0.900. The average Bonchev–Trinajstić information content (AvgIpc) is 3.27. The van der Waals surface area contributed by atoms with E-state index in [4.69, 9.17) is 0 Å². The Morgan fingerprint density at radius 2 is 2.11 bits per heavy atom. The van der Waals surface area contributed by atoms with Crippen LogP contribution in [0.4, 0.5) is 0 Å². The Bertz CT molecular complexity index is 384. The van der Waals surface area contributed by atoms with Crippen LogP contribution in [-0.4, -0.2) is 17.4 Å². The first-order valence-corrected chi connectivity index (χ1v) is 7.86. The number of carbonyl (C=O) groups is 1. The number of carbonyl (C=O) groups excluding carboxylic acids is 1. The normalized spacial score (nSPS) is 19.2. The van der Waals surface area contributed by atoms with Gasteiger partial charge in [-0.2, -0.15) is 0 Å². The summed E-state index contributed by atoms with van der Waals surface area (Å²) in [5.41, 5.74) is 0. The first kappa shape index (κ1) is 12.2. The van der Waals surface area contributed by atoms with Crippen LogP contribution in [0, 0.1) is 17.8 Å². The third-order valence-electron chi connectivity index (χ3n) is 4.02. The number of amides is 1. The van der Waals surface area contributed by atoms with Crippen LogP contribution in [0.2, 0.25) is 0 Å². The summed E-state index contributed by atoms with van der Waals surface area (Å²) in [5.74, 6) is 2.66. The molecule has 1 amide bonds. The molecule has 0 radical (unpaired) electrons. The van der Waals surface area contributed by atoms with Crippen molar-refractivity contribution in [1.29, 1.82) is 0 Å². The van der Waals surface area contributed by atoms with Crippen LogP contribution >= 0.6 is 11.3 Å². The highest BCUT2D eigenvalue weighted by Gasteiger charge is 2.42. The highest BCUT2D eigenvalue weighted by Crippen LogP contribution is 2.50. The molecule has 0 atom stereocenters. The Morgan fingerprint density at radius 3 is 2.67 bits per heavy atom. The Morgan fingerprint density at radius 1 is 1.39 bits per heavy atom. The van der Waals surface area contributed by atoms with E-state index in [9.17, 15) is 4.79 Å². The van der Waals surface area contributed by atoms with Gasteiger partial charge >= 0.3 is 0 Å². The molecule has 3 rings (SSSR count). The van der Waals surface area contributed by atoms with Gasteiger partial charge in [0.1, 0.15) is 0 Å². The maximum absolute atomic E-state index is 11.9. The highest BCUT2D eigenvalue weighted by molar-refractivity contribution is 7.09. The van der Waals surface area contributed by atoms with Crippen LogP contribution in [0.5, 0.6) is 0 Å². The zero-order valence-electron chi connectivity index (χ0n) is 10.6. The lowest BCUT2D eigenvalue weighted by Crippen LogP contribution is -2.28. The van der Waals surface area contributed by atoms with Gasteiger partial charge in [-0.15, -0.1) is 11.3 Å². The summed E-state index contributed by atoms with van der Waals surface area (Å²) in [4.78, 5) is 16.1. The second-order valence-corrected chi connectivity index (χ2v) is 6.55. The van der Waals surface area contributed by atoms with Crippen LogP contribution in [0.15, 0.2) is 11.6 Å². The first-order valence-electron chi connectivity index (χ1n) is 6.98. The van der Waals surface area contributed by atoms with Crippen molar-refractivity contribution >= 4 is 17.2 Å². The molecular weight excluding hydrogens is 244 g/mol. The van der Waals surface area contributed by atoms with Gasteiger partial charge in [-0.25, -0.2) is 4.98 Å². The van der Waals surface area contributed by atoms with E-state index in [2.05, 4.69) is 10.3 Å². The maximum Gasteiger partial charge on any atom is 0.220 e. The molecule has 0 bridgehead atoms. The van der Waals surface area contributed by atoms with Gasteiger partial charge in [0.15, 0.2) is 0 Å². The van der Waals surface area contributed by atoms with Gasteiger partial charge in [0.25, 0.3) is 0 Å². The van der Waals surface area contributed by atoms with Crippen molar-refractivity contribution in [2.24, 2.45) is 17.8 Å². The molecule has 2 aliphatic carbocycles. The fourth-order valence-electron chi connectivity index (χ4n) is 2.74. The first-order chi connectivity index (χ1) is 8.83. The molecule has 0 saturated heterocycles. The van der Waals surface area contributed by atoms with Crippen molar-refractivity contribution in [3.05, 3.63) is 16.6 Å². The second kappa shape index (κ2) is 5.39. The average molecular weight is 264 g/mol. The van der Waals surface area contributed by atoms with E-state index in [1.807, 2.05) is 11.6 Å². The van der Waals surface area contributed by atoms with E-state index in [1.165, 1.54) is 25.7 Å². The van der Waals surface area contributed by atoms with E-state index in [0.29, 0.717) is 5.92 Å². The third kappa shape index (κ3) is 3.31. The minimum atomic E-state index is 0.246. The van der Waals surface area contributed by atoms with E-state index in [-0.39, 0.29) is 5.91 Å². The lowest BCUT2D eigenvalue weighted by atomic mass is 9.94. The van der Waals surface area contributed by atoms with Crippen LogP contribution in [0.25, 0.3) is 0 Å². The van der Waals surface area contributed by atoms with Crippen LogP contribution in [0.3, 0.4) is 0 Å². The van der Waals surface area contributed by atoms with Gasteiger partial charge in [-0.3, -0.25) is 4.79 Å². The fourth-order valence-corrected chi connectivity index (χ4v) is 3.36. The van der Waals surface area contributed by atoms with Gasteiger partial charge in [-0.1, -0.05) is 0 Å². The summed E-state index contributed by atoms with van der Waals surface area (Å²) in [6.45, 7) is 0.731. The third-order valence-corrected chi connectivity index (χ3v) is 4.86. The largest absolute Gasteiger partial charge is 0.356 e. The van der Waals surface area contributed by atoms with E-state index in [0.717, 1.165) is 36.2 Å². The number of rotatable bonds is 7. The molecule has 2 fully saturated rings. The standard InChI is InChI=1S/C14H20N2OS/c17-13(15-6-5-14-16-7-8-18-14)9-12(10-1-2-10)11-3-4-11/h7-8,10-12H,1-6,9H2,(H,15,17). The Kier molecular flexibility index (Phi) is 3.64. The van der Waals surface area contributed by atoms with Gasteiger partial charge in [0.2, 0.25) is 5.91 Å². The zero-order valence-corrected chi connectivity index (χ0v) is 11.4. The molecule has 0 aliphatic heterocycles. The lowest BCUT2D eigenvalue weighted by molar-refractivity contribution is -0.122. The molecule has 1 aromatic rings. The molecule has 0 unspecified atom stereocenters. The molecule has 98 valence electrons. The van der Waals surface area contributed by atoms with Crippen molar-refractivity contribution in [3.8, 4) is 0 Å². The Balaban J connectivity index is 1.38. The number of hydrogen-bond acceptors (Lipinski definition) is 3. The van der Waals surface area contributed by atoms with Gasteiger partial charge in [0, 0.05) is 31.0 Å². The summed E-state index contributed by atoms with van der Waals surface area (Å²) in [6, 6.07) is 0. The number of hydrogen-bond donors (Lipinski definition) is 1. The molecule has 1 aromatic heterocycles. The van der Waals surface area contributed by atoms with Crippen molar-refractivity contribution < 1.29 is 4.79 Å². The Labute approximate surface area is 112 Å². The number of nitrogens with one attached hydrogen (secondary N) is 1. The summed E-state index contributed by atoms with van der Waals surface area (Å²) < 4.78 is 0. The monoisotopic (exact) mass is 264 g/mol. The minimum Gasteiger partial charge on any atom is -0.356 e. The molecule has 2 saturated carbocycles. The predicted octanol–water partition coefficient (Wildman–Crippen LogP) is 2.63. The smallest absolute Gasteiger partial charge is 0.220 e. The summed E-state index contributed by atoms with van der Waals surface area (Å²) >= 11 is 1.66. The number of aromatic nitrogens is 1. The molecule has 3 nitrogen and oxygen atoms in total. The van der Waals surface area contributed by atoms with E-state index < -0.39 is 0 Å². The minimum absolute atomic E-state index is 0.246. The zero-order chi connectivity index (χ0) is 12.4. The van der Waals surface area contributed by atoms with Crippen LogP contribution in [-0.2, 0) is 11.2 Å². The lowest BCUT2D eigenvalue weighted by Gasteiger charge is -2.14. The highest BCUT2D eigenvalue weighted by atomic mass is 32.1. The van der Waals surface area contributed by atoms with E-state index in [1.54, 1.807) is 11.3 Å². The molecular formula is C14H20N2OS. The maximum atomic E-state index is 11.9. The summed E-state index contributed by atoms with van der Waals surface area (Å²) in [5, 5.41) is 6.13. The van der Waals surface area contributed by atoms with Gasteiger partial charge < -0.3 is 5.32 Å². The molecule has 18 heavy (non-hydrogen) atoms. The summed E-state index contributed by atoms with van der Waals surface area (Å²) in [6.07, 6.45) is 8.86. The predicted molar refractivity (Wildman–Crippen MR) is 72.4 cm³/mol. The molecule has 0 spiro atoms. The van der Waals surface area contributed by atoms with Gasteiger partial charge in [-0.05, 0) is 43.4 Å². The van der Waals surface area contributed by atoms with E-state index >= 15 is 0 Å². The number of nitrogens with zero attached hydrogens (tertiary/aromatic N) is 1. The van der Waals surface area contributed by atoms with Crippen molar-refractivity contribution in [1.82, 2.24) is 10.3 Å². The summed E-state index contributed by atoms with van der Waals surface area (Å²) in [7, 11) is 0. The van der Waals surface area contributed by atoms with Crippen LogP contribution < -0.4 is 5.32 Å². The molecule has 2 aliphatic rings. The van der Waals surface area contributed by atoms with Crippen LogP contribution in [0.1, 0.15) is 37.1 Å². The molecule has 1 heterocycles. The van der Waals surface area contributed by atoms with Crippen molar-refractivity contribution in [3.63, 3.8) is 0 Å². The fraction of sp³-hybridized carbons (Fsp3) is 0.714. The van der Waals surface area contributed by atoms with Gasteiger partial charge in [0.05, 0.1) is 5.01 Å². The second-order valence-electron chi connectivity index (χ2n) is 5.57. The molecule has 4 heteroatoms. The molecule has 0 aromatic carbocycles. The van der Waals surface area contributed by atoms with Crippen molar-refractivity contribution in [2.45, 2.75) is 38.5 Å². The van der Waals surface area contributed by atoms with Crippen molar-refractivity contribution in [2.75, 3.05) is 6.54 Å².